The highest BCUT2D eigenvalue weighted by Gasteiger charge is 2.20. The second-order valence-electron chi connectivity index (χ2n) is 7.78. The van der Waals surface area contributed by atoms with Gasteiger partial charge < -0.3 is 18.9 Å². The molecule has 0 bridgehead atoms. The van der Waals surface area contributed by atoms with Gasteiger partial charge in [0.15, 0.2) is 11.5 Å². The minimum absolute atomic E-state index is 0.0323. The van der Waals surface area contributed by atoms with Crippen LogP contribution in [-0.2, 0) is 11.3 Å². The van der Waals surface area contributed by atoms with E-state index in [2.05, 4.69) is 27.3 Å². The lowest BCUT2D eigenvalue weighted by atomic mass is 10.1. The minimum Gasteiger partial charge on any atom is -0.476 e. The predicted molar refractivity (Wildman–Crippen MR) is 133 cm³/mol. The van der Waals surface area contributed by atoms with Crippen molar-refractivity contribution in [1.82, 2.24) is 14.7 Å². The van der Waals surface area contributed by atoms with Crippen LogP contribution in [0.15, 0.2) is 65.6 Å². The van der Waals surface area contributed by atoms with Gasteiger partial charge in [0.2, 0.25) is 0 Å². The van der Waals surface area contributed by atoms with Crippen molar-refractivity contribution in [1.29, 1.82) is 0 Å². The Kier molecular flexibility index (Phi) is 7.37. The normalized spacial score (nSPS) is 11.3. The summed E-state index contributed by atoms with van der Waals surface area (Å²) in [7, 11) is 0. The number of amides is 1. The number of benzene rings is 2. The van der Waals surface area contributed by atoms with Gasteiger partial charge >= 0.3 is 12.1 Å². The average molecular weight is 505 g/mol. The van der Waals surface area contributed by atoms with Gasteiger partial charge in [0.25, 0.3) is 0 Å². The van der Waals surface area contributed by atoms with Crippen LogP contribution < -0.4 is 5.32 Å². The SMILES string of the molecule is Cc1noc(-c2ccc(C#CCn3cnc(C(=O)O)c3)cc2)c1NC(=O)OC(C)c1ccccc1Cl. The maximum Gasteiger partial charge on any atom is 0.412 e. The molecule has 36 heavy (non-hydrogen) atoms. The molecule has 0 aliphatic rings. The van der Waals surface area contributed by atoms with Crippen molar-refractivity contribution < 1.29 is 24.0 Å². The Labute approximate surface area is 211 Å². The molecule has 0 aliphatic heterocycles. The monoisotopic (exact) mass is 504 g/mol. The topological polar surface area (TPSA) is 119 Å². The van der Waals surface area contributed by atoms with Crippen molar-refractivity contribution in [3.05, 3.63) is 88.6 Å². The van der Waals surface area contributed by atoms with E-state index in [1.807, 2.05) is 6.07 Å². The van der Waals surface area contributed by atoms with E-state index >= 15 is 0 Å². The lowest BCUT2D eigenvalue weighted by Crippen LogP contribution is -2.17. The summed E-state index contributed by atoms with van der Waals surface area (Å²) in [4.78, 5) is 27.3. The molecule has 0 saturated heterocycles. The Morgan fingerprint density at radius 3 is 2.67 bits per heavy atom. The van der Waals surface area contributed by atoms with Crippen LogP contribution >= 0.6 is 11.6 Å². The Balaban J connectivity index is 1.42. The number of hydrogen-bond donors (Lipinski definition) is 2. The number of halogens is 1. The van der Waals surface area contributed by atoms with E-state index in [1.54, 1.807) is 60.9 Å². The third-order valence-corrected chi connectivity index (χ3v) is 5.55. The third-order valence-electron chi connectivity index (χ3n) is 5.21. The first kappa shape index (κ1) is 24.6. The largest absolute Gasteiger partial charge is 0.476 e. The summed E-state index contributed by atoms with van der Waals surface area (Å²) in [5, 5.41) is 16.1. The molecular weight excluding hydrogens is 484 g/mol. The molecule has 182 valence electrons. The summed E-state index contributed by atoms with van der Waals surface area (Å²) in [6, 6.07) is 14.4. The second kappa shape index (κ2) is 10.8. The smallest absolute Gasteiger partial charge is 0.412 e. The molecule has 0 spiro atoms. The molecule has 1 unspecified atom stereocenters. The van der Waals surface area contributed by atoms with E-state index in [0.29, 0.717) is 39.8 Å². The van der Waals surface area contributed by atoms with Crippen LogP contribution in [0.1, 0.15) is 40.3 Å². The first-order valence-corrected chi connectivity index (χ1v) is 11.2. The van der Waals surface area contributed by atoms with Crippen LogP contribution in [0.4, 0.5) is 10.5 Å². The lowest BCUT2D eigenvalue weighted by Gasteiger charge is -2.15. The number of ether oxygens (including phenoxy) is 1. The maximum atomic E-state index is 12.6. The molecule has 2 aromatic carbocycles. The van der Waals surface area contributed by atoms with E-state index in [4.69, 9.17) is 26.0 Å². The molecule has 2 N–H and O–H groups in total. The zero-order chi connectivity index (χ0) is 25.7. The Morgan fingerprint density at radius 1 is 1.22 bits per heavy atom. The van der Waals surface area contributed by atoms with Gasteiger partial charge in [-0.1, -0.05) is 46.8 Å². The highest BCUT2D eigenvalue weighted by Crippen LogP contribution is 2.32. The van der Waals surface area contributed by atoms with E-state index in [0.717, 1.165) is 5.56 Å². The van der Waals surface area contributed by atoms with Crippen molar-refractivity contribution in [2.75, 3.05) is 5.32 Å². The molecule has 2 heterocycles. The number of hydrogen-bond acceptors (Lipinski definition) is 6. The zero-order valence-electron chi connectivity index (χ0n) is 19.4. The minimum atomic E-state index is -1.09. The summed E-state index contributed by atoms with van der Waals surface area (Å²) in [5.41, 5.74) is 3.00. The van der Waals surface area contributed by atoms with E-state index in [-0.39, 0.29) is 5.69 Å². The van der Waals surface area contributed by atoms with Gasteiger partial charge in [-0.3, -0.25) is 5.32 Å². The molecule has 0 fully saturated rings. The van der Waals surface area contributed by atoms with Crippen molar-refractivity contribution >= 4 is 29.4 Å². The van der Waals surface area contributed by atoms with Gasteiger partial charge in [-0.25, -0.2) is 14.6 Å². The standard InChI is InChI=1S/C26H21ClN4O5/c1-16-23(29-26(34)35-17(2)20-7-3-4-8-21(20)27)24(36-30-16)19-11-9-18(10-12-19)6-5-13-31-14-22(25(32)33)28-15-31/h3-4,7-12,14-15,17H,13H2,1-2H3,(H,29,34)(H,32,33). The van der Waals surface area contributed by atoms with Crippen LogP contribution in [-0.4, -0.2) is 31.9 Å². The number of carbonyl (C=O) groups excluding carboxylic acids is 1. The predicted octanol–water partition coefficient (Wildman–Crippen LogP) is 5.56. The van der Waals surface area contributed by atoms with Crippen LogP contribution in [0.5, 0.6) is 0 Å². The maximum absolute atomic E-state index is 12.6. The number of aryl methyl sites for hydroxylation is 1. The fourth-order valence-corrected chi connectivity index (χ4v) is 3.66. The number of nitrogens with one attached hydrogen (secondary N) is 1. The molecule has 0 radical (unpaired) electrons. The van der Waals surface area contributed by atoms with Crippen LogP contribution in [0.3, 0.4) is 0 Å². The van der Waals surface area contributed by atoms with Crippen molar-refractivity contribution in [3.8, 4) is 23.2 Å². The molecule has 4 aromatic rings. The fraction of sp³-hybridized carbons (Fsp3) is 0.154. The molecular formula is C26H21ClN4O5. The average Bonchev–Trinajstić information content (AvgIpc) is 3.47. The number of rotatable bonds is 6. The third kappa shape index (κ3) is 5.74. The molecule has 1 amide bonds. The Morgan fingerprint density at radius 2 is 1.97 bits per heavy atom. The number of anilines is 1. The van der Waals surface area contributed by atoms with Gasteiger partial charge in [-0.05, 0) is 44.2 Å². The van der Waals surface area contributed by atoms with Gasteiger partial charge in [-0.2, -0.15) is 0 Å². The van der Waals surface area contributed by atoms with E-state index in [9.17, 15) is 9.59 Å². The molecule has 2 aromatic heterocycles. The summed E-state index contributed by atoms with van der Waals surface area (Å²) in [6.45, 7) is 3.75. The number of imidazole rings is 1. The van der Waals surface area contributed by atoms with Gasteiger partial charge in [0.1, 0.15) is 17.5 Å². The van der Waals surface area contributed by atoms with E-state index in [1.165, 1.54) is 12.5 Å². The summed E-state index contributed by atoms with van der Waals surface area (Å²) < 4.78 is 12.5. The molecule has 10 heteroatoms. The lowest BCUT2D eigenvalue weighted by molar-refractivity contribution is 0.0690. The first-order valence-electron chi connectivity index (χ1n) is 10.8. The van der Waals surface area contributed by atoms with Gasteiger partial charge in [-0.15, -0.1) is 0 Å². The molecule has 0 saturated carbocycles. The van der Waals surface area contributed by atoms with Crippen LogP contribution in [0.2, 0.25) is 5.02 Å². The summed E-state index contributed by atoms with van der Waals surface area (Å²) in [6.07, 6.45) is 1.62. The quantitative estimate of drug-likeness (QED) is 0.330. The first-order chi connectivity index (χ1) is 17.3. The van der Waals surface area contributed by atoms with Crippen molar-refractivity contribution in [2.45, 2.75) is 26.5 Å². The van der Waals surface area contributed by atoms with Crippen molar-refractivity contribution in [2.24, 2.45) is 0 Å². The Hall–Kier alpha value is -4.55. The van der Waals surface area contributed by atoms with Gasteiger partial charge in [0, 0.05) is 27.9 Å². The highest BCUT2D eigenvalue weighted by molar-refractivity contribution is 6.31. The highest BCUT2D eigenvalue weighted by atomic mass is 35.5. The van der Waals surface area contributed by atoms with Crippen LogP contribution in [0, 0.1) is 18.8 Å². The Bertz CT molecular complexity index is 1460. The number of carbonyl (C=O) groups is 2. The number of aromatic carboxylic acids is 1. The molecule has 0 aliphatic carbocycles. The zero-order valence-corrected chi connectivity index (χ0v) is 20.1. The second-order valence-corrected chi connectivity index (χ2v) is 8.19. The summed E-state index contributed by atoms with van der Waals surface area (Å²) >= 11 is 6.19. The number of carboxylic acids is 1. The van der Waals surface area contributed by atoms with Crippen LogP contribution in [0.25, 0.3) is 11.3 Å². The number of nitrogens with zero attached hydrogens (tertiary/aromatic N) is 3. The molecule has 4 rings (SSSR count). The van der Waals surface area contributed by atoms with E-state index < -0.39 is 18.2 Å². The van der Waals surface area contributed by atoms with Crippen molar-refractivity contribution in [3.63, 3.8) is 0 Å². The molecule has 9 nitrogen and oxygen atoms in total. The summed E-state index contributed by atoms with van der Waals surface area (Å²) in [5.74, 6) is 5.28. The van der Waals surface area contributed by atoms with Gasteiger partial charge in [0.05, 0.1) is 12.9 Å². The number of aromatic nitrogens is 3. The fourth-order valence-electron chi connectivity index (χ4n) is 3.37. The number of carboxylic acid groups (broad SMARTS) is 1. The molecule has 1 atom stereocenters.